The van der Waals surface area contributed by atoms with Gasteiger partial charge in [0.2, 0.25) is 0 Å². The van der Waals surface area contributed by atoms with Crippen LogP contribution >= 0.6 is 0 Å². The van der Waals surface area contributed by atoms with Gasteiger partial charge in [0.15, 0.2) is 5.69 Å². The van der Waals surface area contributed by atoms with Crippen molar-refractivity contribution in [3.8, 4) is 0 Å². The van der Waals surface area contributed by atoms with E-state index in [0.717, 1.165) is 42.7 Å². The molecular weight excluding hydrogens is 304 g/mol. The summed E-state index contributed by atoms with van der Waals surface area (Å²) in [4.78, 5) is 12.5. The molecule has 0 aliphatic heterocycles. The van der Waals surface area contributed by atoms with Crippen LogP contribution in [0.2, 0.25) is 0 Å². The maximum Gasteiger partial charge on any atom is 0.274 e. The number of fused-ring (bicyclic) bond motifs is 1. The lowest BCUT2D eigenvalue weighted by Gasteiger charge is -2.33. The highest BCUT2D eigenvalue weighted by Gasteiger charge is 2.34. The molecule has 0 unspecified atom stereocenters. The minimum atomic E-state index is -0.168. The first-order chi connectivity index (χ1) is 11.4. The lowest BCUT2D eigenvalue weighted by molar-refractivity contribution is 0.0940. The van der Waals surface area contributed by atoms with Crippen molar-refractivity contribution >= 4 is 5.91 Å². The van der Waals surface area contributed by atoms with Crippen LogP contribution in [-0.4, -0.2) is 20.8 Å². The van der Waals surface area contributed by atoms with Crippen LogP contribution in [0, 0.1) is 11.3 Å². The van der Waals surface area contributed by atoms with Crippen LogP contribution in [0.3, 0.4) is 0 Å². The number of hydrogen-bond acceptors (Lipinski definition) is 4. The highest BCUT2D eigenvalue weighted by Crippen LogP contribution is 2.38. The average Bonchev–Trinajstić information content (AvgIpc) is 3.17. The van der Waals surface area contributed by atoms with Gasteiger partial charge < -0.3 is 9.84 Å². The number of hydrogen-bond donors (Lipinski definition) is 1. The normalized spacial score (nSPS) is 17.6. The molecule has 1 atom stereocenters. The Morgan fingerprint density at radius 1 is 1.46 bits per heavy atom. The summed E-state index contributed by atoms with van der Waals surface area (Å²) in [6.07, 6.45) is 6.52. The van der Waals surface area contributed by atoms with E-state index in [1.165, 1.54) is 0 Å². The first-order valence-corrected chi connectivity index (χ1v) is 8.65. The second kappa shape index (κ2) is 6.42. The third-order valence-corrected chi connectivity index (χ3v) is 4.94. The second-order valence-electron chi connectivity index (χ2n) is 7.63. The second-order valence-corrected chi connectivity index (χ2v) is 7.63. The van der Waals surface area contributed by atoms with Gasteiger partial charge in [0.05, 0.1) is 6.20 Å². The summed E-state index contributed by atoms with van der Waals surface area (Å²) < 4.78 is 7.26. The van der Waals surface area contributed by atoms with Crippen LogP contribution in [-0.2, 0) is 25.9 Å². The Morgan fingerprint density at radius 3 is 2.92 bits per heavy atom. The standard InChI is InChI=1S/C18H26N4O2/c1-5-22-11-12(10-20-22)9-19-17(23)16-14-8-13(18(2,3)4)6-7-15(14)24-21-16/h10-11,13H,5-9H2,1-4H3,(H,19,23)/t13-/m0/s1. The minimum Gasteiger partial charge on any atom is -0.360 e. The van der Waals surface area contributed by atoms with E-state index in [-0.39, 0.29) is 11.3 Å². The van der Waals surface area contributed by atoms with Crippen molar-refractivity contribution in [2.24, 2.45) is 11.3 Å². The number of nitrogens with zero attached hydrogens (tertiary/aromatic N) is 3. The Labute approximate surface area is 142 Å². The van der Waals surface area contributed by atoms with Gasteiger partial charge in [-0.2, -0.15) is 5.10 Å². The van der Waals surface area contributed by atoms with Crippen LogP contribution in [0.4, 0.5) is 0 Å². The molecule has 24 heavy (non-hydrogen) atoms. The molecular formula is C18H26N4O2. The smallest absolute Gasteiger partial charge is 0.274 e. The molecule has 3 rings (SSSR count). The molecule has 2 heterocycles. The van der Waals surface area contributed by atoms with Gasteiger partial charge in [0.1, 0.15) is 5.76 Å². The number of amides is 1. The lowest BCUT2D eigenvalue weighted by Crippen LogP contribution is -2.29. The largest absolute Gasteiger partial charge is 0.360 e. The number of aromatic nitrogens is 3. The zero-order valence-electron chi connectivity index (χ0n) is 14.9. The van der Waals surface area contributed by atoms with E-state index in [2.05, 4.69) is 36.3 Å². The van der Waals surface area contributed by atoms with E-state index in [1.54, 1.807) is 6.20 Å². The minimum absolute atomic E-state index is 0.168. The summed E-state index contributed by atoms with van der Waals surface area (Å²) >= 11 is 0. The van der Waals surface area contributed by atoms with Gasteiger partial charge in [0.25, 0.3) is 5.91 Å². The summed E-state index contributed by atoms with van der Waals surface area (Å²) in [6.45, 7) is 10.1. The van der Waals surface area contributed by atoms with Gasteiger partial charge in [-0.1, -0.05) is 25.9 Å². The molecule has 6 nitrogen and oxygen atoms in total. The molecule has 6 heteroatoms. The lowest BCUT2D eigenvalue weighted by atomic mass is 9.71. The van der Waals surface area contributed by atoms with Gasteiger partial charge in [-0.25, -0.2) is 0 Å². The zero-order chi connectivity index (χ0) is 17.3. The van der Waals surface area contributed by atoms with Crippen molar-refractivity contribution in [3.05, 3.63) is 35.0 Å². The maximum absolute atomic E-state index is 12.5. The number of aryl methyl sites for hydroxylation is 2. The number of rotatable bonds is 4. The first-order valence-electron chi connectivity index (χ1n) is 8.65. The topological polar surface area (TPSA) is 73.0 Å². The van der Waals surface area contributed by atoms with Crippen LogP contribution < -0.4 is 5.32 Å². The van der Waals surface area contributed by atoms with E-state index in [1.807, 2.05) is 17.8 Å². The molecule has 1 aliphatic carbocycles. The van der Waals surface area contributed by atoms with Crippen LogP contribution in [0.15, 0.2) is 16.9 Å². The van der Waals surface area contributed by atoms with E-state index < -0.39 is 0 Å². The number of nitrogens with one attached hydrogen (secondary N) is 1. The van der Waals surface area contributed by atoms with Crippen molar-refractivity contribution in [2.75, 3.05) is 0 Å². The molecule has 1 aliphatic rings. The van der Waals surface area contributed by atoms with Crippen molar-refractivity contribution < 1.29 is 9.32 Å². The third-order valence-electron chi connectivity index (χ3n) is 4.94. The molecule has 0 radical (unpaired) electrons. The van der Waals surface area contributed by atoms with Gasteiger partial charge in [-0.3, -0.25) is 9.48 Å². The molecule has 1 N–H and O–H groups in total. The number of carbonyl (C=O) groups is 1. The summed E-state index contributed by atoms with van der Waals surface area (Å²) in [5.41, 5.74) is 2.64. The molecule has 2 aromatic heterocycles. The first kappa shape index (κ1) is 16.7. The Morgan fingerprint density at radius 2 is 2.25 bits per heavy atom. The summed E-state index contributed by atoms with van der Waals surface area (Å²) in [5.74, 6) is 1.25. The molecule has 2 aromatic rings. The zero-order valence-corrected chi connectivity index (χ0v) is 14.9. The Hall–Kier alpha value is -2.11. The van der Waals surface area contributed by atoms with Gasteiger partial charge in [0, 0.05) is 36.8 Å². The Kier molecular flexibility index (Phi) is 4.47. The van der Waals surface area contributed by atoms with Crippen LogP contribution in [0.25, 0.3) is 0 Å². The molecule has 130 valence electrons. The third kappa shape index (κ3) is 3.37. The van der Waals surface area contributed by atoms with Gasteiger partial charge in [-0.05, 0) is 31.1 Å². The monoisotopic (exact) mass is 330 g/mol. The SMILES string of the molecule is CCn1cc(CNC(=O)c2noc3c2C[C@@H](C(C)(C)C)CC3)cn1. The van der Waals surface area contributed by atoms with Crippen molar-refractivity contribution in [2.45, 2.75) is 60.0 Å². The fraction of sp³-hybridized carbons (Fsp3) is 0.611. The van der Waals surface area contributed by atoms with Crippen LogP contribution in [0.5, 0.6) is 0 Å². The summed E-state index contributed by atoms with van der Waals surface area (Å²) in [5, 5.41) is 11.2. The van der Waals surface area contributed by atoms with Gasteiger partial charge in [-0.15, -0.1) is 0 Å². The van der Waals surface area contributed by atoms with E-state index in [0.29, 0.717) is 18.2 Å². The fourth-order valence-corrected chi connectivity index (χ4v) is 3.26. The van der Waals surface area contributed by atoms with E-state index >= 15 is 0 Å². The highest BCUT2D eigenvalue weighted by atomic mass is 16.5. The van der Waals surface area contributed by atoms with E-state index in [4.69, 9.17) is 4.52 Å². The summed E-state index contributed by atoms with van der Waals surface area (Å²) in [6, 6.07) is 0. The van der Waals surface area contributed by atoms with Crippen molar-refractivity contribution in [1.29, 1.82) is 0 Å². The quantitative estimate of drug-likeness (QED) is 0.935. The van der Waals surface area contributed by atoms with Gasteiger partial charge >= 0.3 is 0 Å². The predicted octanol–water partition coefficient (Wildman–Crippen LogP) is 2.97. The van der Waals surface area contributed by atoms with Crippen molar-refractivity contribution in [1.82, 2.24) is 20.3 Å². The molecule has 0 spiro atoms. The average molecular weight is 330 g/mol. The van der Waals surface area contributed by atoms with E-state index in [9.17, 15) is 4.79 Å². The Balaban J connectivity index is 1.69. The van der Waals surface area contributed by atoms with Crippen molar-refractivity contribution in [3.63, 3.8) is 0 Å². The molecule has 1 amide bonds. The number of carbonyl (C=O) groups excluding carboxylic acids is 1. The molecule has 0 saturated heterocycles. The highest BCUT2D eigenvalue weighted by molar-refractivity contribution is 5.93. The molecule has 0 saturated carbocycles. The molecule has 0 bridgehead atoms. The van der Waals surface area contributed by atoms with Crippen LogP contribution in [0.1, 0.15) is 61.5 Å². The molecule has 0 fully saturated rings. The molecule has 0 aromatic carbocycles. The predicted molar refractivity (Wildman–Crippen MR) is 90.5 cm³/mol. The Bertz CT molecular complexity index is 724. The summed E-state index contributed by atoms with van der Waals surface area (Å²) in [7, 11) is 0. The fourth-order valence-electron chi connectivity index (χ4n) is 3.26. The maximum atomic E-state index is 12.5.